The summed E-state index contributed by atoms with van der Waals surface area (Å²) in [7, 11) is 1.95. The number of carbonyl (C=O) groups is 2. The van der Waals surface area contributed by atoms with Crippen LogP contribution in [0, 0.1) is 12.1 Å². The number of aromatic nitrogens is 2. The van der Waals surface area contributed by atoms with Crippen LogP contribution < -0.4 is 4.90 Å². The summed E-state index contributed by atoms with van der Waals surface area (Å²) in [5.74, 6) is -0.0127. The largest absolute Gasteiger partial charge is 0.443 e. The number of aliphatic hydroxyl groups excluding tert-OH is 1. The lowest BCUT2D eigenvalue weighted by atomic mass is 10.0. The summed E-state index contributed by atoms with van der Waals surface area (Å²) in [6, 6.07) is 26.7. The standard InChI is InChI=1S/C34H38N4O5/c1-33(2,3)42-31(40)38(32(41)43-34(4,5)6)30-18-17-28(35-36-30)26-14-10-11-23(19-26)21-37(7)22-29(39)27-16-15-24-12-8-9-13-25(24)20-27/h8,10-12,14-20,29,39H,21-22H2,1-7H3. The predicted molar refractivity (Wildman–Crippen MR) is 165 cm³/mol. The van der Waals surface area contributed by atoms with Gasteiger partial charge in [-0.25, -0.2) is 9.59 Å². The molecule has 224 valence electrons. The number of imide groups is 1. The maximum absolute atomic E-state index is 12.9. The number of benzene rings is 2. The van der Waals surface area contributed by atoms with Crippen LogP contribution in [0.5, 0.6) is 0 Å². The van der Waals surface area contributed by atoms with Crippen molar-refractivity contribution in [2.75, 3.05) is 18.5 Å². The molecule has 3 aromatic carbocycles. The summed E-state index contributed by atoms with van der Waals surface area (Å²) in [6.07, 6.45) is -2.48. The van der Waals surface area contributed by atoms with Gasteiger partial charge in [0, 0.05) is 24.0 Å². The zero-order chi connectivity index (χ0) is 31.4. The average molecular weight is 583 g/mol. The first-order valence-electron chi connectivity index (χ1n) is 14.1. The molecular weight excluding hydrogens is 544 g/mol. The van der Waals surface area contributed by atoms with Gasteiger partial charge in [-0.2, -0.15) is 4.90 Å². The number of hydrogen-bond acceptors (Lipinski definition) is 8. The van der Waals surface area contributed by atoms with Crippen LogP contribution in [0.1, 0.15) is 58.8 Å². The Labute approximate surface area is 253 Å². The Morgan fingerprint density at radius 1 is 0.907 bits per heavy atom. The van der Waals surface area contributed by atoms with Gasteiger partial charge in [0.15, 0.2) is 5.82 Å². The van der Waals surface area contributed by atoms with E-state index in [2.05, 4.69) is 22.3 Å². The van der Waals surface area contributed by atoms with Gasteiger partial charge in [0.25, 0.3) is 0 Å². The van der Waals surface area contributed by atoms with E-state index in [1.54, 1.807) is 47.6 Å². The number of ether oxygens (including phenoxy) is 2. The molecule has 1 N–H and O–H groups in total. The molecule has 1 aromatic heterocycles. The minimum Gasteiger partial charge on any atom is -0.443 e. The molecule has 9 nitrogen and oxygen atoms in total. The molecule has 0 bridgehead atoms. The highest BCUT2D eigenvalue weighted by Crippen LogP contribution is 2.24. The van der Waals surface area contributed by atoms with Gasteiger partial charge in [0.2, 0.25) is 0 Å². The summed E-state index contributed by atoms with van der Waals surface area (Å²) < 4.78 is 10.8. The van der Waals surface area contributed by atoms with Gasteiger partial charge in [-0.05, 0) is 102 Å². The van der Waals surface area contributed by atoms with Crippen LogP contribution in [0.25, 0.3) is 22.0 Å². The molecule has 0 fully saturated rings. The summed E-state index contributed by atoms with van der Waals surface area (Å²) in [5.41, 5.74) is 1.55. The molecule has 0 spiro atoms. The Bertz CT molecular complexity index is 1550. The zero-order valence-electron chi connectivity index (χ0n) is 25.7. The molecular formula is C34H38N4O5. The molecule has 43 heavy (non-hydrogen) atoms. The summed E-state index contributed by atoms with van der Waals surface area (Å²) in [5, 5.41) is 21.3. The summed E-state index contributed by atoms with van der Waals surface area (Å²) in [6.45, 7) is 11.3. The van der Waals surface area contributed by atoms with Gasteiger partial charge in [0.05, 0.1) is 11.8 Å². The highest BCUT2D eigenvalue weighted by atomic mass is 16.6. The van der Waals surface area contributed by atoms with Crippen molar-refractivity contribution in [3.63, 3.8) is 0 Å². The van der Waals surface area contributed by atoms with Crippen molar-refractivity contribution >= 4 is 28.8 Å². The first kappa shape index (κ1) is 31.4. The molecule has 0 saturated carbocycles. The first-order valence-corrected chi connectivity index (χ1v) is 14.1. The van der Waals surface area contributed by atoms with E-state index in [9.17, 15) is 14.7 Å². The van der Waals surface area contributed by atoms with Gasteiger partial charge in [0.1, 0.15) is 11.2 Å². The van der Waals surface area contributed by atoms with Gasteiger partial charge >= 0.3 is 12.2 Å². The fourth-order valence-corrected chi connectivity index (χ4v) is 4.37. The van der Waals surface area contributed by atoms with E-state index in [1.165, 1.54) is 6.07 Å². The van der Waals surface area contributed by atoms with E-state index in [4.69, 9.17) is 9.47 Å². The maximum atomic E-state index is 12.9. The van der Waals surface area contributed by atoms with Crippen molar-refractivity contribution in [3.05, 3.63) is 90.0 Å². The fraction of sp³-hybridized carbons (Fsp3) is 0.353. The smallest absolute Gasteiger partial charge is 0.425 e. The highest BCUT2D eigenvalue weighted by molar-refractivity contribution is 6.08. The third kappa shape index (κ3) is 8.74. The quantitative estimate of drug-likeness (QED) is 0.255. The van der Waals surface area contributed by atoms with Gasteiger partial charge in [-0.3, -0.25) is 4.90 Å². The molecule has 2 amide bonds. The SMILES string of the molecule is CN(Cc1cccc(-c2ccc(N(C(=O)OC(C)(C)C)C(=O)OC(C)(C)C)nn2)c1)CC(O)c1ccc2ccc#cc2c1. The Hall–Kier alpha value is -4.52. The minimum absolute atomic E-state index is 0.0127. The molecule has 0 saturated heterocycles. The van der Waals surface area contributed by atoms with E-state index in [-0.39, 0.29) is 5.82 Å². The van der Waals surface area contributed by atoms with Crippen LogP contribution in [-0.2, 0) is 16.0 Å². The van der Waals surface area contributed by atoms with Crippen LogP contribution in [0.15, 0.2) is 66.7 Å². The van der Waals surface area contributed by atoms with Crippen molar-refractivity contribution in [1.82, 2.24) is 15.1 Å². The minimum atomic E-state index is -0.906. The molecule has 0 aliphatic carbocycles. The van der Waals surface area contributed by atoms with Crippen LogP contribution in [0.3, 0.4) is 0 Å². The number of nitrogens with zero attached hydrogens (tertiary/aromatic N) is 4. The zero-order valence-corrected chi connectivity index (χ0v) is 25.7. The van der Waals surface area contributed by atoms with E-state index in [0.29, 0.717) is 18.8 Å². The Morgan fingerprint density at radius 3 is 2.23 bits per heavy atom. The number of aliphatic hydroxyl groups is 1. The Balaban J connectivity index is 1.47. The van der Waals surface area contributed by atoms with Gasteiger partial charge in [-0.1, -0.05) is 42.5 Å². The second kappa shape index (κ2) is 12.8. The average Bonchev–Trinajstić information content (AvgIpc) is 2.91. The van der Waals surface area contributed by atoms with Crippen LogP contribution in [0.2, 0.25) is 0 Å². The molecule has 0 radical (unpaired) electrons. The Kier molecular flexibility index (Phi) is 9.34. The molecule has 0 aliphatic heterocycles. The topological polar surface area (TPSA) is 105 Å². The predicted octanol–water partition coefficient (Wildman–Crippen LogP) is 6.74. The monoisotopic (exact) mass is 582 g/mol. The summed E-state index contributed by atoms with van der Waals surface area (Å²) >= 11 is 0. The highest BCUT2D eigenvalue weighted by Gasteiger charge is 2.33. The normalized spacial score (nSPS) is 12.5. The number of rotatable bonds is 7. The number of anilines is 1. The molecule has 1 unspecified atom stereocenters. The van der Waals surface area contributed by atoms with Gasteiger partial charge in [-0.15, -0.1) is 10.2 Å². The molecule has 1 heterocycles. The number of carbonyl (C=O) groups excluding carboxylic acids is 2. The first-order chi connectivity index (χ1) is 20.2. The maximum Gasteiger partial charge on any atom is 0.425 e. The molecule has 4 rings (SSSR count). The van der Waals surface area contributed by atoms with Crippen LogP contribution in [0.4, 0.5) is 15.4 Å². The Morgan fingerprint density at radius 2 is 1.60 bits per heavy atom. The lowest BCUT2D eigenvalue weighted by Gasteiger charge is -2.27. The number of amides is 2. The number of hydrogen-bond donors (Lipinski definition) is 1. The van der Waals surface area contributed by atoms with E-state index in [1.807, 2.05) is 66.5 Å². The van der Waals surface area contributed by atoms with E-state index >= 15 is 0 Å². The van der Waals surface area contributed by atoms with E-state index in [0.717, 1.165) is 32.4 Å². The lowest BCUT2D eigenvalue weighted by molar-refractivity contribution is 0.0428. The lowest BCUT2D eigenvalue weighted by Crippen LogP contribution is -2.44. The van der Waals surface area contributed by atoms with Crippen molar-refractivity contribution in [3.8, 4) is 11.3 Å². The van der Waals surface area contributed by atoms with Crippen molar-refractivity contribution in [2.45, 2.75) is 65.4 Å². The number of fused-ring (bicyclic) bond motifs is 1. The fourth-order valence-electron chi connectivity index (χ4n) is 4.37. The van der Waals surface area contributed by atoms with Crippen molar-refractivity contribution < 1.29 is 24.2 Å². The van der Waals surface area contributed by atoms with Crippen molar-refractivity contribution in [2.24, 2.45) is 0 Å². The second-order valence-electron chi connectivity index (χ2n) is 12.4. The van der Waals surface area contributed by atoms with Crippen LogP contribution >= 0.6 is 0 Å². The third-order valence-corrected chi connectivity index (χ3v) is 6.21. The second-order valence-corrected chi connectivity index (χ2v) is 12.4. The summed E-state index contributed by atoms with van der Waals surface area (Å²) in [4.78, 5) is 28.6. The van der Waals surface area contributed by atoms with Gasteiger partial charge < -0.3 is 14.6 Å². The van der Waals surface area contributed by atoms with E-state index < -0.39 is 29.5 Å². The molecule has 9 heteroatoms. The van der Waals surface area contributed by atoms with Crippen molar-refractivity contribution in [1.29, 1.82) is 0 Å². The molecule has 0 aliphatic rings. The molecule has 1 atom stereocenters. The van der Waals surface area contributed by atoms with Crippen LogP contribution in [-0.4, -0.2) is 57.2 Å². The number of likely N-dealkylation sites (N-methyl/N-ethyl adjacent to an activating group) is 1. The molecule has 4 aromatic rings. The third-order valence-electron chi connectivity index (χ3n) is 6.21.